The van der Waals surface area contributed by atoms with E-state index in [1.54, 1.807) is 24.2 Å². The number of benzene rings is 1. The molecule has 1 fully saturated rings. The fourth-order valence-electron chi connectivity index (χ4n) is 2.97. The number of amides is 1. The number of ether oxygens (including phenoxy) is 1. The maximum atomic E-state index is 12.5. The highest BCUT2D eigenvalue weighted by atomic mass is 16.5. The van der Waals surface area contributed by atoms with Crippen LogP contribution in [0, 0.1) is 0 Å². The minimum Gasteiger partial charge on any atom is -0.487 e. The lowest BCUT2D eigenvalue weighted by Gasteiger charge is -2.26. The van der Waals surface area contributed by atoms with Crippen LogP contribution in [0.4, 0.5) is 0 Å². The summed E-state index contributed by atoms with van der Waals surface area (Å²) in [6, 6.07) is 13.0. The normalized spacial score (nSPS) is 19.8. The third-order valence-corrected chi connectivity index (χ3v) is 4.33. The fraction of sp³-hybridized carbons (Fsp3) is 0.368. The van der Waals surface area contributed by atoms with Crippen molar-refractivity contribution in [3.63, 3.8) is 0 Å². The molecule has 2 unspecified atom stereocenters. The molecule has 5 heteroatoms. The fourth-order valence-corrected chi connectivity index (χ4v) is 2.97. The van der Waals surface area contributed by atoms with Crippen LogP contribution < -0.4 is 4.74 Å². The Morgan fingerprint density at radius 1 is 1.33 bits per heavy atom. The van der Waals surface area contributed by atoms with Gasteiger partial charge in [-0.1, -0.05) is 30.3 Å². The van der Waals surface area contributed by atoms with Gasteiger partial charge in [-0.05, 0) is 24.6 Å². The number of nitrogens with zero attached hydrogens (tertiary/aromatic N) is 2. The van der Waals surface area contributed by atoms with Crippen molar-refractivity contribution in [3.05, 3.63) is 60.4 Å². The molecule has 0 radical (unpaired) electrons. The minimum atomic E-state index is -1.17. The molecule has 5 nitrogen and oxygen atoms in total. The minimum absolute atomic E-state index is 0.0279. The van der Waals surface area contributed by atoms with Crippen LogP contribution in [0.25, 0.3) is 0 Å². The zero-order chi connectivity index (χ0) is 17.0. The number of carbonyl (C=O) groups excluding carboxylic acids is 1. The third kappa shape index (κ3) is 3.92. The number of aliphatic hydroxyl groups is 1. The zero-order valence-corrected chi connectivity index (χ0v) is 13.8. The summed E-state index contributed by atoms with van der Waals surface area (Å²) in [4.78, 5) is 18.3. The van der Waals surface area contributed by atoms with Crippen LogP contribution in [0.5, 0.6) is 5.75 Å². The molecule has 0 aliphatic carbocycles. The predicted molar refractivity (Wildman–Crippen MR) is 90.5 cm³/mol. The van der Waals surface area contributed by atoms with Gasteiger partial charge in [0.15, 0.2) is 0 Å². The lowest BCUT2D eigenvalue weighted by atomic mass is 9.92. The van der Waals surface area contributed by atoms with Crippen LogP contribution in [0.2, 0.25) is 0 Å². The van der Waals surface area contributed by atoms with E-state index in [1.165, 1.54) is 0 Å². The Kier molecular flexibility index (Phi) is 4.81. The number of likely N-dealkylation sites (tertiary alicyclic amines) is 1. The number of hydrogen-bond donors (Lipinski definition) is 1. The van der Waals surface area contributed by atoms with Crippen LogP contribution in [0.1, 0.15) is 25.3 Å². The van der Waals surface area contributed by atoms with Crippen molar-refractivity contribution in [1.82, 2.24) is 9.88 Å². The molecule has 24 heavy (non-hydrogen) atoms. The summed E-state index contributed by atoms with van der Waals surface area (Å²) < 4.78 is 5.85. The van der Waals surface area contributed by atoms with Gasteiger partial charge in [0.05, 0.1) is 24.8 Å². The Morgan fingerprint density at radius 2 is 2.12 bits per heavy atom. The van der Waals surface area contributed by atoms with E-state index < -0.39 is 5.60 Å². The molecule has 1 amide bonds. The molecule has 1 aliphatic heterocycles. The van der Waals surface area contributed by atoms with Gasteiger partial charge in [0.2, 0.25) is 5.91 Å². The molecule has 1 N–H and O–H groups in total. The number of pyridine rings is 1. The SMILES string of the molecule is CC(O)(CC(=O)N1CCC(Oc2cccnc2)C1)c1ccccc1. The first-order valence-electron chi connectivity index (χ1n) is 8.17. The second-order valence-corrected chi connectivity index (χ2v) is 6.37. The summed E-state index contributed by atoms with van der Waals surface area (Å²) in [7, 11) is 0. The van der Waals surface area contributed by atoms with Gasteiger partial charge in [-0.2, -0.15) is 0 Å². The van der Waals surface area contributed by atoms with Gasteiger partial charge in [-0.3, -0.25) is 9.78 Å². The molecule has 2 atom stereocenters. The van der Waals surface area contributed by atoms with Gasteiger partial charge in [-0.25, -0.2) is 0 Å². The highest BCUT2D eigenvalue weighted by Gasteiger charge is 2.33. The van der Waals surface area contributed by atoms with Gasteiger partial charge in [-0.15, -0.1) is 0 Å². The summed E-state index contributed by atoms with van der Waals surface area (Å²) in [5, 5.41) is 10.6. The number of hydrogen-bond acceptors (Lipinski definition) is 4. The molecular formula is C19H22N2O3. The number of carbonyl (C=O) groups is 1. The van der Waals surface area contributed by atoms with E-state index in [2.05, 4.69) is 4.98 Å². The molecule has 1 aliphatic rings. The first kappa shape index (κ1) is 16.5. The second-order valence-electron chi connectivity index (χ2n) is 6.37. The average Bonchev–Trinajstić information content (AvgIpc) is 3.05. The topological polar surface area (TPSA) is 62.7 Å². The van der Waals surface area contributed by atoms with Crippen molar-refractivity contribution in [2.24, 2.45) is 0 Å². The molecule has 2 aromatic rings. The summed E-state index contributed by atoms with van der Waals surface area (Å²) in [6.07, 6.45) is 4.19. The number of aromatic nitrogens is 1. The van der Waals surface area contributed by atoms with Gasteiger partial charge < -0.3 is 14.7 Å². The van der Waals surface area contributed by atoms with E-state index in [-0.39, 0.29) is 18.4 Å². The Hall–Kier alpha value is -2.40. The number of rotatable bonds is 5. The second kappa shape index (κ2) is 7.01. The lowest BCUT2D eigenvalue weighted by Crippen LogP contribution is -2.36. The largest absolute Gasteiger partial charge is 0.487 e. The van der Waals surface area contributed by atoms with Crippen molar-refractivity contribution in [3.8, 4) is 5.75 Å². The molecular weight excluding hydrogens is 304 g/mol. The lowest BCUT2D eigenvalue weighted by molar-refractivity contribution is -0.135. The maximum absolute atomic E-state index is 12.5. The van der Waals surface area contributed by atoms with Gasteiger partial charge in [0, 0.05) is 19.2 Å². The van der Waals surface area contributed by atoms with E-state index in [1.807, 2.05) is 42.5 Å². The molecule has 1 aromatic heterocycles. The smallest absolute Gasteiger partial charge is 0.225 e. The maximum Gasteiger partial charge on any atom is 0.225 e. The van der Waals surface area contributed by atoms with Gasteiger partial charge >= 0.3 is 0 Å². The van der Waals surface area contributed by atoms with E-state index >= 15 is 0 Å². The van der Waals surface area contributed by atoms with E-state index in [4.69, 9.17) is 4.74 Å². The molecule has 0 spiro atoms. The molecule has 1 saturated heterocycles. The quantitative estimate of drug-likeness (QED) is 0.916. The Balaban J connectivity index is 1.57. The van der Waals surface area contributed by atoms with Crippen LogP contribution >= 0.6 is 0 Å². The summed E-state index contributed by atoms with van der Waals surface area (Å²) >= 11 is 0. The monoisotopic (exact) mass is 326 g/mol. The summed E-state index contributed by atoms with van der Waals surface area (Å²) in [6.45, 7) is 2.87. The highest BCUT2D eigenvalue weighted by Crippen LogP contribution is 2.26. The Morgan fingerprint density at radius 3 is 2.83 bits per heavy atom. The Bertz CT molecular complexity index is 674. The van der Waals surface area contributed by atoms with Crippen LogP contribution in [0.15, 0.2) is 54.9 Å². The summed E-state index contributed by atoms with van der Waals surface area (Å²) in [5.41, 5.74) is -0.415. The summed E-state index contributed by atoms with van der Waals surface area (Å²) in [5.74, 6) is 0.661. The molecule has 0 bridgehead atoms. The van der Waals surface area contributed by atoms with Gasteiger partial charge in [0.1, 0.15) is 11.9 Å². The van der Waals surface area contributed by atoms with Crippen molar-refractivity contribution < 1.29 is 14.6 Å². The van der Waals surface area contributed by atoms with Crippen LogP contribution in [-0.2, 0) is 10.4 Å². The molecule has 3 rings (SSSR count). The van der Waals surface area contributed by atoms with E-state index in [0.717, 1.165) is 12.0 Å². The highest BCUT2D eigenvalue weighted by molar-refractivity contribution is 5.77. The standard InChI is InChI=1S/C19H22N2O3/c1-19(23,15-6-3-2-4-7-15)12-18(22)21-11-9-17(14-21)24-16-8-5-10-20-13-16/h2-8,10,13,17,23H,9,11-12,14H2,1H3. The van der Waals surface area contributed by atoms with Crippen molar-refractivity contribution >= 4 is 5.91 Å². The van der Waals surface area contributed by atoms with Crippen LogP contribution in [0.3, 0.4) is 0 Å². The van der Waals surface area contributed by atoms with E-state index in [9.17, 15) is 9.90 Å². The molecule has 126 valence electrons. The first-order chi connectivity index (χ1) is 11.5. The average molecular weight is 326 g/mol. The van der Waals surface area contributed by atoms with Crippen LogP contribution in [-0.4, -0.2) is 40.1 Å². The molecule has 2 heterocycles. The van der Waals surface area contributed by atoms with Crippen molar-refractivity contribution in [2.45, 2.75) is 31.5 Å². The Labute approximate surface area is 141 Å². The first-order valence-corrected chi connectivity index (χ1v) is 8.17. The molecule has 0 saturated carbocycles. The predicted octanol–water partition coefficient (Wildman–Crippen LogP) is 2.36. The van der Waals surface area contributed by atoms with Gasteiger partial charge in [0.25, 0.3) is 0 Å². The van der Waals surface area contributed by atoms with E-state index in [0.29, 0.717) is 18.8 Å². The third-order valence-electron chi connectivity index (χ3n) is 4.33. The molecule has 1 aromatic carbocycles. The van der Waals surface area contributed by atoms with Crippen molar-refractivity contribution in [1.29, 1.82) is 0 Å². The zero-order valence-electron chi connectivity index (χ0n) is 13.8. The van der Waals surface area contributed by atoms with Crippen molar-refractivity contribution in [2.75, 3.05) is 13.1 Å².